The van der Waals surface area contributed by atoms with Crippen LogP contribution in [0.4, 0.5) is 5.69 Å². The molecular formula is C12H16ClN3O2. The molecule has 0 aromatic heterocycles. The molecule has 0 radical (unpaired) electrons. The number of nitrogens with one attached hydrogen (secondary N) is 3. The molecule has 1 aromatic carbocycles. The summed E-state index contributed by atoms with van der Waals surface area (Å²) in [5.74, 6) is -0.446. The molecule has 0 spiro atoms. The Balaban J connectivity index is 2.87. The van der Waals surface area contributed by atoms with Crippen molar-refractivity contribution in [3.05, 3.63) is 28.8 Å². The summed E-state index contributed by atoms with van der Waals surface area (Å²) in [6.07, 6.45) is 0.340. The van der Waals surface area contributed by atoms with E-state index in [1.54, 1.807) is 19.2 Å². The summed E-state index contributed by atoms with van der Waals surface area (Å²) in [6.45, 7) is 0.578. The van der Waals surface area contributed by atoms with Crippen molar-refractivity contribution in [2.75, 3.05) is 26.0 Å². The van der Waals surface area contributed by atoms with Gasteiger partial charge in [0, 0.05) is 25.0 Å². The molecule has 1 aromatic rings. The van der Waals surface area contributed by atoms with Crippen LogP contribution in [0, 0.1) is 0 Å². The van der Waals surface area contributed by atoms with Gasteiger partial charge in [0.15, 0.2) is 0 Å². The molecule has 2 amide bonds. The minimum absolute atomic E-state index is 0.156. The monoisotopic (exact) mass is 269 g/mol. The van der Waals surface area contributed by atoms with Gasteiger partial charge in [-0.15, -0.1) is 0 Å². The SMILES string of the molecule is CNCCC(=O)Nc1ccc(Cl)cc1C(=O)NC. The van der Waals surface area contributed by atoms with Gasteiger partial charge in [0.25, 0.3) is 5.91 Å². The molecule has 0 bridgehead atoms. The molecule has 6 heteroatoms. The van der Waals surface area contributed by atoms with E-state index in [9.17, 15) is 9.59 Å². The molecule has 0 atom stereocenters. The lowest BCUT2D eigenvalue weighted by molar-refractivity contribution is -0.116. The molecule has 18 heavy (non-hydrogen) atoms. The Labute approximate surface area is 111 Å². The van der Waals surface area contributed by atoms with E-state index in [4.69, 9.17) is 11.6 Å². The molecule has 0 aliphatic carbocycles. The highest BCUT2D eigenvalue weighted by atomic mass is 35.5. The Morgan fingerprint density at radius 2 is 2.00 bits per heavy atom. The fourth-order valence-corrected chi connectivity index (χ4v) is 1.57. The Morgan fingerprint density at radius 3 is 2.61 bits per heavy atom. The summed E-state index contributed by atoms with van der Waals surface area (Å²) >= 11 is 5.84. The summed E-state index contributed by atoms with van der Waals surface area (Å²) in [4.78, 5) is 23.3. The van der Waals surface area contributed by atoms with Crippen LogP contribution in [0.15, 0.2) is 18.2 Å². The van der Waals surface area contributed by atoms with Gasteiger partial charge in [-0.05, 0) is 25.2 Å². The predicted molar refractivity (Wildman–Crippen MR) is 72.0 cm³/mol. The van der Waals surface area contributed by atoms with E-state index in [-0.39, 0.29) is 11.8 Å². The molecule has 3 N–H and O–H groups in total. The minimum atomic E-state index is -0.290. The Hall–Kier alpha value is -1.59. The van der Waals surface area contributed by atoms with Gasteiger partial charge in [-0.3, -0.25) is 9.59 Å². The molecular weight excluding hydrogens is 254 g/mol. The fraction of sp³-hybridized carbons (Fsp3) is 0.333. The van der Waals surface area contributed by atoms with Crippen molar-refractivity contribution in [1.82, 2.24) is 10.6 Å². The summed E-state index contributed by atoms with van der Waals surface area (Å²) in [7, 11) is 3.29. The summed E-state index contributed by atoms with van der Waals surface area (Å²) < 4.78 is 0. The van der Waals surface area contributed by atoms with E-state index in [1.807, 2.05) is 0 Å². The van der Waals surface area contributed by atoms with E-state index in [0.29, 0.717) is 29.2 Å². The first-order valence-corrected chi connectivity index (χ1v) is 5.92. The minimum Gasteiger partial charge on any atom is -0.355 e. The quantitative estimate of drug-likeness (QED) is 0.753. The normalized spacial score (nSPS) is 9.94. The smallest absolute Gasteiger partial charge is 0.253 e. The standard InChI is InChI=1S/C12H16ClN3O2/c1-14-6-5-11(17)16-10-4-3-8(13)7-9(10)12(18)15-2/h3-4,7,14H,5-6H2,1-2H3,(H,15,18)(H,16,17). The lowest BCUT2D eigenvalue weighted by Crippen LogP contribution is -2.23. The lowest BCUT2D eigenvalue weighted by atomic mass is 10.1. The third-order valence-corrected chi connectivity index (χ3v) is 2.56. The highest BCUT2D eigenvalue weighted by Gasteiger charge is 2.12. The van der Waals surface area contributed by atoms with Gasteiger partial charge in [-0.1, -0.05) is 11.6 Å². The van der Waals surface area contributed by atoms with Gasteiger partial charge in [-0.25, -0.2) is 0 Å². The summed E-state index contributed by atoms with van der Waals surface area (Å²) in [6, 6.07) is 4.76. The molecule has 0 heterocycles. The Morgan fingerprint density at radius 1 is 1.28 bits per heavy atom. The molecule has 5 nitrogen and oxygen atoms in total. The molecule has 98 valence electrons. The van der Waals surface area contributed by atoms with Gasteiger partial charge in [-0.2, -0.15) is 0 Å². The second kappa shape index (κ2) is 6.98. The molecule has 0 fully saturated rings. The van der Waals surface area contributed by atoms with E-state index >= 15 is 0 Å². The second-order valence-corrected chi connectivity index (χ2v) is 4.11. The van der Waals surface area contributed by atoms with Crippen molar-refractivity contribution in [2.24, 2.45) is 0 Å². The number of anilines is 1. The number of amides is 2. The van der Waals surface area contributed by atoms with Crippen LogP contribution >= 0.6 is 11.6 Å². The highest BCUT2D eigenvalue weighted by molar-refractivity contribution is 6.31. The van der Waals surface area contributed by atoms with Gasteiger partial charge >= 0.3 is 0 Å². The van der Waals surface area contributed by atoms with Crippen molar-refractivity contribution < 1.29 is 9.59 Å². The van der Waals surface area contributed by atoms with Crippen LogP contribution in [-0.4, -0.2) is 32.5 Å². The number of carbonyl (C=O) groups excluding carboxylic acids is 2. The maximum Gasteiger partial charge on any atom is 0.253 e. The largest absolute Gasteiger partial charge is 0.355 e. The Bertz CT molecular complexity index is 449. The molecule has 0 unspecified atom stereocenters. The van der Waals surface area contributed by atoms with Crippen molar-refractivity contribution in [1.29, 1.82) is 0 Å². The van der Waals surface area contributed by atoms with Crippen LogP contribution in [0.2, 0.25) is 5.02 Å². The molecule has 0 saturated heterocycles. The zero-order valence-corrected chi connectivity index (χ0v) is 11.1. The van der Waals surface area contributed by atoms with E-state index in [1.165, 1.54) is 13.1 Å². The van der Waals surface area contributed by atoms with Gasteiger partial charge in [0.05, 0.1) is 11.3 Å². The molecule has 1 rings (SSSR count). The first-order valence-electron chi connectivity index (χ1n) is 5.54. The number of carbonyl (C=O) groups is 2. The Kier molecular flexibility index (Phi) is 5.61. The number of hydrogen-bond acceptors (Lipinski definition) is 3. The number of hydrogen-bond donors (Lipinski definition) is 3. The van der Waals surface area contributed by atoms with Crippen molar-refractivity contribution >= 4 is 29.1 Å². The topological polar surface area (TPSA) is 70.2 Å². The fourth-order valence-electron chi connectivity index (χ4n) is 1.40. The summed E-state index contributed by atoms with van der Waals surface area (Å²) in [5.41, 5.74) is 0.808. The molecule has 0 saturated carbocycles. The van der Waals surface area contributed by atoms with Gasteiger partial charge in [0.2, 0.25) is 5.91 Å². The number of benzene rings is 1. The predicted octanol–water partition coefficient (Wildman–Crippen LogP) is 1.25. The third-order valence-electron chi connectivity index (χ3n) is 2.33. The summed E-state index contributed by atoms with van der Waals surface area (Å²) in [5, 5.41) is 8.52. The van der Waals surface area contributed by atoms with E-state index in [2.05, 4.69) is 16.0 Å². The van der Waals surface area contributed by atoms with E-state index in [0.717, 1.165) is 0 Å². The van der Waals surface area contributed by atoms with Crippen molar-refractivity contribution in [2.45, 2.75) is 6.42 Å². The second-order valence-electron chi connectivity index (χ2n) is 3.67. The van der Waals surface area contributed by atoms with E-state index < -0.39 is 0 Å². The van der Waals surface area contributed by atoms with Crippen LogP contribution in [0.25, 0.3) is 0 Å². The average molecular weight is 270 g/mol. The molecule has 0 aliphatic heterocycles. The average Bonchev–Trinajstić information content (AvgIpc) is 2.37. The van der Waals surface area contributed by atoms with Crippen LogP contribution in [0.3, 0.4) is 0 Å². The van der Waals surface area contributed by atoms with Gasteiger partial charge in [0.1, 0.15) is 0 Å². The van der Waals surface area contributed by atoms with Crippen LogP contribution in [0.1, 0.15) is 16.8 Å². The lowest BCUT2D eigenvalue weighted by Gasteiger charge is -2.10. The van der Waals surface area contributed by atoms with Crippen LogP contribution in [0.5, 0.6) is 0 Å². The first kappa shape index (κ1) is 14.5. The van der Waals surface area contributed by atoms with Crippen molar-refractivity contribution in [3.63, 3.8) is 0 Å². The van der Waals surface area contributed by atoms with Crippen molar-refractivity contribution in [3.8, 4) is 0 Å². The maximum absolute atomic E-state index is 11.6. The van der Waals surface area contributed by atoms with Gasteiger partial charge < -0.3 is 16.0 Å². The number of rotatable bonds is 5. The zero-order valence-electron chi connectivity index (χ0n) is 10.3. The highest BCUT2D eigenvalue weighted by Crippen LogP contribution is 2.20. The number of halogens is 1. The zero-order chi connectivity index (χ0) is 13.5. The maximum atomic E-state index is 11.6. The third kappa shape index (κ3) is 4.01. The first-order chi connectivity index (χ1) is 8.58. The van der Waals surface area contributed by atoms with Crippen LogP contribution < -0.4 is 16.0 Å². The van der Waals surface area contributed by atoms with Crippen LogP contribution in [-0.2, 0) is 4.79 Å². The molecule has 0 aliphatic rings.